The highest BCUT2D eigenvalue weighted by Crippen LogP contribution is 2.24. The Morgan fingerprint density at radius 2 is 2.24 bits per heavy atom. The van der Waals surface area contributed by atoms with E-state index in [0.29, 0.717) is 0 Å². The standard InChI is InChI=1S/C14H22N2S/c1-2-11-6-8-17-14(11)10-16-7-5-13(9-16)15-12-3-4-12/h6,8,12-13,15H,2-5,7,9-10H2,1H3. The Morgan fingerprint density at radius 3 is 3.00 bits per heavy atom. The fraction of sp³-hybridized carbons (Fsp3) is 0.714. The first-order valence-electron chi connectivity index (χ1n) is 6.89. The van der Waals surface area contributed by atoms with Crippen LogP contribution in [-0.2, 0) is 13.0 Å². The summed E-state index contributed by atoms with van der Waals surface area (Å²) in [6, 6.07) is 3.90. The van der Waals surface area contributed by atoms with Crippen LogP contribution in [0.4, 0.5) is 0 Å². The van der Waals surface area contributed by atoms with Gasteiger partial charge in [0.15, 0.2) is 0 Å². The molecule has 2 nitrogen and oxygen atoms in total. The minimum atomic E-state index is 0.757. The zero-order chi connectivity index (χ0) is 11.7. The fourth-order valence-electron chi connectivity index (χ4n) is 2.72. The normalized spacial score (nSPS) is 25.6. The Kier molecular flexibility index (Phi) is 3.50. The Balaban J connectivity index is 1.52. The molecule has 0 bridgehead atoms. The van der Waals surface area contributed by atoms with Crippen molar-refractivity contribution in [2.75, 3.05) is 13.1 Å². The number of likely N-dealkylation sites (tertiary alicyclic amines) is 1. The number of nitrogens with zero attached hydrogens (tertiary/aromatic N) is 1. The van der Waals surface area contributed by atoms with E-state index in [1.165, 1.54) is 45.3 Å². The van der Waals surface area contributed by atoms with Gasteiger partial charge in [0, 0.05) is 36.6 Å². The lowest BCUT2D eigenvalue weighted by Gasteiger charge is -2.16. The van der Waals surface area contributed by atoms with Gasteiger partial charge >= 0.3 is 0 Å². The van der Waals surface area contributed by atoms with Gasteiger partial charge in [-0.2, -0.15) is 0 Å². The topological polar surface area (TPSA) is 15.3 Å². The quantitative estimate of drug-likeness (QED) is 0.864. The predicted molar refractivity (Wildman–Crippen MR) is 73.5 cm³/mol. The molecular weight excluding hydrogens is 228 g/mol. The van der Waals surface area contributed by atoms with Crippen molar-refractivity contribution in [1.82, 2.24) is 10.2 Å². The maximum Gasteiger partial charge on any atom is 0.0331 e. The third-order valence-electron chi connectivity index (χ3n) is 3.91. The molecule has 1 unspecified atom stereocenters. The van der Waals surface area contributed by atoms with Gasteiger partial charge in [-0.3, -0.25) is 4.90 Å². The summed E-state index contributed by atoms with van der Waals surface area (Å²) in [5.41, 5.74) is 1.55. The third-order valence-corrected chi connectivity index (χ3v) is 4.85. The molecule has 1 aliphatic heterocycles. The highest BCUT2D eigenvalue weighted by molar-refractivity contribution is 7.10. The molecule has 1 aromatic rings. The molecule has 1 saturated carbocycles. The van der Waals surface area contributed by atoms with Crippen LogP contribution in [0, 0.1) is 0 Å². The Morgan fingerprint density at radius 1 is 1.35 bits per heavy atom. The Bertz CT molecular complexity index is 370. The minimum absolute atomic E-state index is 0.757. The third kappa shape index (κ3) is 2.90. The Hall–Kier alpha value is -0.380. The van der Waals surface area contributed by atoms with Gasteiger partial charge in [0.05, 0.1) is 0 Å². The number of hydrogen-bond acceptors (Lipinski definition) is 3. The fourth-order valence-corrected chi connectivity index (χ4v) is 3.74. The second-order valence-electron chi connectivity index (χ2n) is 5.38. The van der Waals surface area contributed by atoms with Crippen molar-refractivity contribution in [2.45, 2.75) is 51.2 Å². The van der Waals surface area contributed by atoms with Gasteiger partial charge < -0.3 is 5.32 Å². The molecule has 3 heteroatoms. The maximum atomic E-state index is 3.75. The second kappa shape index (κ2) is 5.09. The number of thiophene rings is 1. The lowest BCUT2D eigenvalue weighted by molar-refractivity contribution is 0.322. The summed E-state index contributed by atoms with van der Waals surface area (Å²) in [7, 11) is 0. The molecule has 2 fully saturated rings. The van der Waals surface area contributed by atoms with Crippen LogP contribution in [0.25, 0.3) is 0 Å². The van der Waals surface area contributed by atoms with E-state index < -0.39 is 0 Å². The highest BCUT2D eigenvalue weighted by atomic mass is 32.1. The van der Waals surface area contributed by atoms with Gasteiger partial charge in [-0.15, -0.1) is 11.3 Å². The van der Waals surface area contributed by atoms with Crippen LogP contribution in [0.2, 0.25) is 0 Å². The number of aryl methyl sites for hydroxylation is 1. The monoisotopic (exact) mass is 250 g/mol. The molecule has 17 heavy (non-hydrogen) atoms. The molecule has 0 spiro atoms. The summed E-state index contributed by atoms with van der Waals surface area (Å²) >= 11 is 1.93. The van der Waals surface area contributed by atoms with Crippen LogP contribution in [0.3, 0.4) is 0 Å². The van der Waals surface area contributed by atoms with Gasteiger partial charge in [0.25, 0.3) is 0 Å². The SMILES string of the molecule is CCc1ccsc1CN1CCC(NC2CC2)C1. The second-order valence-corrected chi connectivity index (χ2v) is 6.38. The summed E-state index contributed by atoms with van der Waals surface area (Å²) in [5.74, 6) is 0. The average molecular weight is 250 g/mol. The van der Waals surface area contributed by atoms with Crippen LogP contribution < -0.4 is 5.32 Å². The summed E-state index contributed by atoms with van der Waals surface area (Å²) in [6.45, 7) is 5.94. The number of hydrogen-bond donors (Lipinski definition) is 1. The molecule has 1 atom stereocenters. The van der Waals surface area contributed by atoms with Crippen molar-refractivity contribution in [3.05, 3.63) is 21.9 Å². The van der Waals surface area contributed by atoms with E-state index in [2.05, 4.69) is 28.6 Å². The predicted octanol–water partition coefficient (Wildman–Crippen LogP) is 2.64. The van der Waals surface area contributed by atoms with E-state index >= 15 is 0 Å². The maximum absolute atomic E-state index is 3.75. The van der Waals surface area contributed by atoms with E-state index in [9.17, 15) is 0 Å². The molecule has 2 heterocycles. The minimum Gasteiger partial charge on any atom is -0.310 e. The van der Waals surface area contributed by atoms with E-state index in [-0.39, 0.29) is 0 Å². The van der Waals surface area contributed by atoms with Gasteiger partial charge in [-0.25, -0.2) is 0 Å². The van der Waals surface area contributed by atoms with Crippen LogP contribution in [0.5, 0.6) is 0 Å². The van der Waals surface area contributed by atoms with Crippen molar-refractivity contribution in [3.8, 4) is 0 Å². The van der Waals surface area contributed by atoms with Gasteiger partial charge in [-0.1, -0.05) is 6.92 Å². The molecule has 0 radical (unpaired) electrons. The van der Waals surface area contributed by atoms with Gasteiger partial charge in [0.1, 0.15) is 0 Å². The van der Waals surface area contributed by atoms with Crippen molar-refractivity contribution in [1.29, 1.82) is 0 Å². The van der Waals surface area contributed by atoms with Crippen molar-refractivity contribution in [2.24, 2.45) is 0 Å². The van der Waals surface area contributed by atoms with Crippen molar-refractivity contribution >= 4 is 11.3 Å². The molecule has 1 saturated heterocycles. The molecule has 1 N–H and O–H groups in total. The lowest BCUT2D eigenvalue weighted by Crippen LogP contribution is -2.33. The van der Waals surface area contributed by atoms with Crippen LogP contribution in [0.1, 0.15) is 36.6 Å². The highest BCUT2D eigenvalue weighted by Gasteiger charge is 2.29. The Labute approximate surface area is 108 Å². The summed E-state index contributed by atoms with van der Waals surface area (Å²) < 4.78 is 0. The molecule has 3 rings (SSSR count). The zero-order valence-electron chi connectivity index (χ0n) is 10.6. The summed E-state index contributed by atoms with van der Waals surface area (Å²) in [6.07, 6.45) is 5.32. The van der Waals surface area contributed by atoms with E-state index in [1.807, 2.05) is 11.3 Å². The molecule has 0 aromatic carbocycles. The lowest BCUT2D eigenvalue weighted by atomic mass is 10.2. The van der Waals surface area contributed by atoms with E-state index in [0.717, 1.165) is 12.1 Å². The van der Waals surface area contributed by atoms with Crippen LogP contribution >= 0.6 is 11.3 Å². The van der Waals surface area contributed by atoms with Crippen LogP contribution in [-0.4, -0.2) is 30.1 Å². The summed E-state index contributed by atoms with van der Waals surface area (Å²) in [5, 5.41) is 5.99. The van der Waals surface area contributed by atoms with E-state index in [4.69, 9.17) is 0 Å². The largest absolute Gasteiger partial charge is 0.310 e. The molecule has 1 aliphatic carbocycles. The first-order valence-corrected chi connectivity index (χ1v) is 7.76. The van der Waals surface area contributed by atoms with Crippen molar-refractivity contribution in [3.63, 3.8) is 0 Å². The first-order chi connectivity index (χ1) is 8.35. The summed E-state index contributed by atoms with van der Waals surface area (Å²) in [4.78, 5) is 4.20. The molecule has 0 amide bonds. The molecule has 94 valence electrons. The first kappa shape index (κ1) is 11.7. The molecule has 1 aromatic heterocycles. The van der Waals surface area contributed by atoms with Gasteiger partial charge in [-0.05, 0) is 42.7 Å². The van der Waals surface area contributed by atoms with Crippen molar-refractivity contribution < 1.29 is 0 Å². The van der Waals surface area contributed by atoms with E-state index in [1.54, 1.807) is 10.4 Å². The van der Waals surface area contributed by atoms with Crippen LogP contribution in [0.15, 0.2) is 11.4 Å². The average Bonchev–Trinajstić information content (AvgIpc) is 2.86. The number of nitrogens with one attached hydrogen (secondary N) is 1. The number of rotatable bonds is 5. The smallest absolute Gasteiger partial charge is 0.0331 e. The zero-order valence-corrected chi connectivity index (χ0v) is 11.4. The van der Waals surface area contributed by atoms with Gasteiger partial charge in [0.2, 0.25) is 0 Å². The molecule has 2 aliphatic rings. The molecular formula is C14H22N2S.